The van der Waals surface area contributed by atoms with Crippen molar-refractivity contribution < 1.29 is 9.32 Å². The molecule has 0 saturated heterocycles. The Bertz CT molecular complexity index is 216. The normalized spacial score (nSPS) is 34.3. The Morgan fingerprint density at radius 3 is 2.60 bits per heavy atom. The van der Waals surface area contributed by atoms with Crippen molar-refractivity contribution in [1.29, 1.82) is 0 Å². The Hall–Kier alpha value is 0.110. The highest BCUT2D eigenvalue weighted by molar-refractivity contribution is 7.85. The molecule has 0 radical (unpaired) electrons. The van der Waals surface area contributed by atoms with Gasteiger partial charge in [-0.2, -0.15) is 0 Å². The van der Waals surface area contributed by atoms with Crippen LogP contribution in [0.1, 0.15) is 40.0 Å². The van der Waals surface area contributed by atoms with Gasteiger partial charge in [-0.05, 0) is 30.6 Å². The van der Waals surface area contributed by atoms with Crippen LogP contribution in [0.2, 0.25) is 0 Å². The summed E-state index contributed by atoms with van der Waals surface area (Å²) < 4.78 is 12.0. The van der Waals surface area contributed by atoms with Crippen LogP contribution in [0.5, 0.6) is 0 Å². The zero-order valence-corrected chi connectivity index (χ0v) is 10.9. The van der Waals surface area contributed by atoms with Crippen molar-refractivity contribution in [3.05, 3.63) is 0 Å². The average Bonchev–Trinajstić information content (AvgIpc) is 2.17. The summed E-state index contributed by atoms with van der Waals surface area (Å²) in [6.07, 6.45) is 3.56. The summed E-state index contributed by atoms with van der Waals surface area (Å²) in [4.78, 5) is 0. The third-order valence-electron chi connectivity index (χ3n) is 3.59. The van der Waals surface area contributed by atoms with E-state index >= 15 is 0 Å². The summed E-state index contributed by atoms with van der Waals surface area (Å²) in [5.74, 6) is 2.37. The van der Waals surface area contributed by atoms with Gasteiger partial charge in [0.05, 0.1) is 6.61 Å². The van der Waals surface area contributed by atoms with Crippen LogP contribution >= 0.6 is 0 Å². The van der Waals surface area contributed by atoms with Gasteiger partial charge in [-0.25, -0.2) is 0 Å². The molecule has 0 aliphatic heterocycles. The summed E-state index contributed by atoms with van der Waals surface area (Å²) in [5.41, 5.74) is 0. The van der Waals surface area contributed by atoms with Gasteiger partial charge in [0, 0.05) is 21.8 Å². The molecule has 4 unspecified atom stereocenters. The highest BCUT2D eigenvalue weighted by Crippen LogP contribution is 2.36. The molecule has 1 aliphatic rings. The van der Waals surface area contributed by atoms with E-state index in [1.54, 1.807) is 0 Å². The molecule has 1 N–H and O–H groups in total. The van der Waals surface area contributed by atoms with Crippen LogP contribution in [0.25, 0.3) is 0 Å². The van der Waals surface area contributed by atoms with Crippen molar-refractivity contribution in [2.75, 3.05) is 12.4 Å². The second-order valence-electron chi connectivity index (χ2n) is 5.17. The van der Waals surface area contributed by atoms with Gasteiger partial charge < -0.3 is 5.11 Å². The second kappa shape index (κ2) is 6.00. The van der Waals surface area contributed by atoms with E-state index in [1.165, 1.54) is 12.8 Å². The summed E-state index contributed by atoms with van der Waals surface area (Å²) in [5, 5.41) is 9.19. The molecule has 0 heterocycles. The predicted molar refractivity (Wildman–Crippen MR) is 65.2 cm³/mol. The lowest BCUT2D eigenvalue weighted by atomic mass is 9.77. The minimum absolute atomic E-state index is 0.0578. The molecule has 3 heteroatoms. The Morgan fingerprint density at radius 1 is 1.40 bits per heavy atom. The lowest BCUT2D eigenvalue weighted by Crippen LogP contribution is -2.36. The molecule has 1 saturated carbocycles. The number of hydrogen-bond acceptors (Lipinski definition) is 2. The Morgan fingerprint density at radius 2 is 2.07 bits per heavy atom. The van der Waals surface area contributed by atoms with Gasteiger partial charge in [0.25, 0.3) is 0 Å². The van der Waals surface area contributed by atoms with Crippen LogP contribution in [0, 0.1) is 17.8 Å². The molecule has 4 atom stereocenters. The third kappa shape index (κ3) is 3.56. The first-order valence-corrected chi connectivity index (χ1v) is 7.42. The molecule has 1 aliphatic carbocycles. The van der Waals surface area contributed by atoms with Crippen molar-refractivity contribution >= 4 is 10.8 Å². The monoisotopic (exact) mass is 232 g/mol. The first-order chi connectivity index (χ1) is 7.06. The Labute approximate surface area is 95.9 Å². The quantitative estimate of drug-likeness (QED) is 0.807. The van der Waals surface area contributed by atoms with Crippen molar-refractivity contribution in [3.63, 3.8) is 0 Å². The highest BCUT2D eigenvalue weighted by atomic mass is 32.2. The maximum atomic E-state index is 12.0. The van der Waals surface area contributed by atoms with E-state index in [-0.39, 0.29) is 6.61 Å². The van der Waals surface area contributed by atoms with Crippen LogP contribution in [0.4, 0.5) is 0 Å². The van der Waals surface area contributed by atoms with E-state index in [1.807, 2.05) is 0 Å². The average molecular weight is 232 g/mol. The molecular formula is C12H24O2S. The summed E-state index contributed by atoms with van der Waals surface area (Å²) >= 11 is 0. The maximum absolute atomic E-state index is 12.0. The zero-order valence-electron chi connectivity index (χ0n) is 10.1. The molecule has 1 rings (SSSR count). The van der Waals surface area contributed by atoms with Crippen molar-refractivity contribution in [2.45, 2.75) is 45.3 Å². The first kappa shape index (κ1) is 13.2. The number of rotatable bonds is 4. The predicted octanol–water partition coefficient (Wildman–Crippen LogP) is 2.19. The van der Waals surface area contributed by atoms with Crippen LogP contribution in [-0.4, -0.2) is 26.9 Å². The fourth-order valence-corrected chi connectivity index (χ4v) is 4.52. The topological polar surface area (TPSA) is 37.3 Å². The second-order valence-corrected chi connectivity index (χ2v) is 6.95. The molecule has 0 amide bonds. The number of aliphatic hydroxyl groups excluding tert-OH is 1. The molecule has 15 heavy (non-hydrogen) atoms. The zero-order chi connectivity index (χ0) is 11.4. The summed E-state index contributed by atoms with van der Waals surface area (Å²) in [7, 11) is -0.828. The van der Waals surface area contributed by atoms with E-state index in [0.29, 0.717) is 28.8 Å². The van der Waals surface area contributed by atoms with Crippen LogP contribution in [0.3, 0.4) is 0 Å². The fraction of sp³-hybridized carbons (Fsp3) is 1.00. The molecular weight excluding hydrogens is 208 g/mol. The minimum Gasteiger partial charge on any atom is -0.395 e. The number of hydrogen-bond donors (Lipinski definition) is 1. The summed E-state index contributed by atoms with van der Waals surface area (Å²) in [6, 6.07) is 0. The molecule has 2 nitrogen and oxygen atoms in total. The van der Waals surface area contributed by atoms with Crippen molar-refractivity contribution in [2.24, 2.45) is 17.8 Å². The van der Waals surface area contributed by atoms with Gasteiger partial charge in [0.15, 0.2) is 0 Å². The van der Waals surface area contributed by atoms with Crippen LogP contribution in [-0.2, 0) is 10.8 Å². The molecule has 0 spiro atoms. The first-order valence-electron chi connectivity index (χ1n) is 6.04. The maximum Gasteiger partial charge on any atom is 0.0546 e. The van der Waals surface area contributed by atoms with Crippen molar-refractivity contribution in [3.8, 4) is 0 Å². The third-order valence-corrected chi connectivity index (χ3v) is 5.39. The van der Waals surface area contributed by atoms with E-state index in [4.69, 9.17) is 5.11 Å². The largest absolute Gasteiger partial charge is 0.395 e. The Kier molecular flexibility index (Phi) is 5.27. The van der Waals surface area contributed by atoms with Gasteiger partial charge in [-0.3, -0.25) is 4.21 Å². The lowest BCUT2D eigenvalue weighted by molar-refractivity contribution is 0.240. The lowest BCUT2D eigenvalue weighted by Gasteiger charge is -2.36. The molecule has 0 bridgehead atoms. The molecule has 0 aromatic rings. The van der Waals surface area contributed by atoms with E-state index < -0.39 is 10.8 Å². The molecule has 0 aromatic carbocycles. The van der Waals surface area contributed by atoms with Crippen molar-refractivity contribution in [1.82, 2.24) is 0 Å². The Balaban J connectivity index is 2.65. The van der Waals surface area contributed by atoms with Gasteiger partial charge in [0.1, 0.15) is 0 Å². The van der Waals surface area contributed by atoms with Crippen LogP contribution in [0.15, 0.2) is 0 Å². The van der Waals surface area contributed by atoms with Crippen LogP contribution < -0.4 is 0 Å². The summed E-state index contributed by atoms with van der Waals surface area (Å²) in [6.45, 7) is 6.76. The smallest absolute Gasteiger partial charge is 0.0546 e. The standard InChI is InChI=1S/C12H24O2S/c1-9(2)11-5-4-10(3)8-12(11)15(14)7-6-13/h9-13H,4-8H2,1-3H3. The molecule has 0 aromatic heterocycles. The SMILES string of the molecule is CC1CCC(C(C)C)C(S(=O)CCO)C1. The van der Waals surface area contributed by atoms with E-state index in [9.17, 15) is 4.21 Å². The number of aliphatic hydroxyl groups is 1. The minimum atomic E-state index is -0.828. The molecule has 1 fully saturated rings. The van der Waals surface area contributed by atoms with E-state index in [0.717, 1.165) is 6.42 Å². The fourth-order valence-electron chi connectivity index (χ4n) is 2.66. The highest BCUT2D eigenvalue weighted by Gasteiger charge is 2.34. The van der Waals surface area contributed by atoms with Gasteiger partial charge in [-0.15, -0.1) is 0 Å². The molecule has 90 valence electrons. The van der Waals surface area contributed by atoms with Gasteiger partial charge in [0.2, 0.25) is 0 Å². The van der Waals surface area contributed by atoms with Gasteiger partial charge in [-0.1, -0.05) is 27.2 Å². The van der Waals surface area contributed by atoms with Gasteiger partial charge >= 0.3 is 0 Å². The van der Waals surface area contributed by atoms with E-state index in [2.05, 4.69) is 20.8 Å².